The summed E-state index contributed by atoms with van der Waals surface area (Å²) in [5.74, 6) is 0. The topological polar surface area (TPSA) is 3.24 Å². The van der Waals surface area contributed by atoms with Crippen molar-refractivity contribution >= 4 is 180 Å². The quantitative estimate of drug-likeness (QED) is 0.198. The minimum atomic E-state index is 0.0513. The predicted molar refractivity (Wildman–Crippen MR) is 255 cm³/mol. The predicted octanol–water partition coefficient (Wildman–Crippen LogP) is 2.56. The molecule has 1 nitrogen and oxygen atoms in total. The third-order valence-corrected chi connectivity index (χ3v) is 11.2. The molecular formula is C47H24B9N. The number of nitrogens with zero attached hydrogens (tertiary/aromatic N) is 1. The lowest BCUT2D eigenvalue weighted by molar-refractivity contribution is 1.33. The smallest absolute Gasteiger partial charge is 0.115 e. The van der Waals surface area contributed by atoms with E-state index in [4.69, 9.17) is 70.6 Å². The summed E-state index contributed by atoms with van der Waals surface area (Å²) in [6, 6.07) is 44.3. The summed E-state index contributed by atoms with van der Waals surface area (Å²) in [6.07, 6.45) is 0. The third kappa shape index (κ3) is 5.82. The van der Waals surface area contributed by atoms with E-state index in [1.165, 1.54) is 21.7 Å². The third-order valence-electron chi connectivity index (χ3n) is 11.2. The number of anilines is 3. The van der Waals surface area contributed by atoms with Crippen LogP contribution < -0.4 is 54.1 Å². The molecule has 10 heteroatoms. The second-order valence-corrected chi connectivity index (χ2v) is 14.6. The van der Waals surface area contributed by atoms with Crippen LogP contribution in [-0.4, -0.2) is 70.6 Å². The van der Waals surface area contributed by atoms with Gasteiger partial charge in [0.1, 0.15) is 70.6 Å². The Labute approximate surface area is 345 Å². The Morgan fingerprint density at radius 3 is 1.46 bits per heavy atom. The van der Waals surface area contributed by atoms with Crippen molar-refractivity contribution in [1.82, 2.24) is 0 Å². The minimum Gasteiger partial charge on any atom is -0.311 e. The fourth-order valence-electron chi connectivity index (χ4n) is 8.31. The zero-order chi connectivity index (χ0) is 39.9. The molecule has 0 heterocycles. The Kier molecular flexibility index (Phi) is 9.16. The average Bonchev–Trinajstić information content (AvgIpc) is 3.23. The van der Waals surface area contributed by atoms with E-state index in [1.807, 2.05) is 29.2 Å². The van der Waals surface area contributed by atoms with Gasteiger partial charge in [0.15, 0.2) is 0 Å². The van der Waals surface area contributed by atoms with Crippen molar-refractivity contribution in [1.29, 1.82) is 0 Å². The van der Waals surface area contributed by atoms with Crippen molar-refractivity contribution in [2.24, 2.45) is 0 Å². The van der Waals surface area contributed by atoms with Crippen molar-refractivity contribution in [3.63, 3.8) is 0 Å². The number of hydrogen-bond donors (Lipinski definition) is 0. The lowest BCUT2D eigenvalue weighted by Crippen LogP contribution is -2.57. The molecule has 9 rings (SSSR count). The number of rotatable bonds is 5. The first-order valence-corrected chi connectivity index (χ1v) is 18.5. The molecule has 0 fully saturated rings. The van der Waals surface area contributed by atoms with Gasteiger partial charge in [-0.15, -0.1) is 16.4 Å². The molecule has 0 aliphatic heterocycles. The maximum absolute atomic E-state index is 7.11. The second-order valence-electron chi connectivity index (χ2n) is 14.6. The number of fused-ring (bicyclic) bond motifs is 6. The van der Waals surface area contributed by atoms with Gasteiger partial charge in [0.2, 0.25) is 0 Å². The van der Waals surface area contributed by atoms with Gasteiger partial charge in [0.05, 0.1) is 5.69 Å². The van der Waals surface area contributed by atoms with E-state index in [0.717, 1.165) is 49.4 Å². The Bertz CT molecular complexity index is 3080. The Hall–Kier alpha value is -5.60. The van der Waals surface area contributed by atoms with Crippen LogP contribution in [-0.2, 0) is 0 Å². The monoisotopic (exact) mass is 701 g/mol. The fraction of sp³-hybridized carbons (Fsp3) is 0.0213. The van der Waals surface area contributed by atoms with Crippen LogP contribution in [0, 0.1) is 6.92 Å². The van der Waals surface area contributed by atoms with Gasteiger partial charge < -0.3 is 4.90 Å². The molecule has 0 N–H and O–H groups in total. The first kappa shape index (κ1) is 37.0. The van der Waals surface area contributed by atoms with Gasteiger partial charge in [-0.1, -0.05) is 141 Å². The van der Waals surface area contributed by atoms with Crippen molar-refractivity contribution in [2.45, 2.75) is 6.92 Å². The maximum Gasteiger partial charge on any atom is 0.115 e. The van der Waals surface area contributed by atoms with Gasteiger partial charge in [0.25, 0.3) is 0 Å². The molecule has 0 bridgehead atoms. The van der Waals surface area contributed by atoms with Gasteiger partial charge in [-0.25, -0.2) is 0 Å². The average molecular weight is 700 g/mol. The van der Waals surface area contributed by atoms with Crippen molar-refractivity contribution in [3.8, 4) is 22.3 Å². The van der Waals surface area contributed by atoms with Gasteiger partial charge in [0, 0.05) is 16.8 Å². The molecule has 0 aliphatic rings. The van der Waals surface area contributed by atoms with E-state index in [9.17, 15) is 0 Å². The molecule has 0 unspecified atom stereocenters. The van der Waals surface area contributed by atoms with Crippen LogP contribution >= 0.6 is 0 Å². The second kappa shape index (κ2) is 14.1. The summed E-state index contributed by atoms with van der Waals surface area (Å²) >= 11 is 0. The molecule has 0 saturated heterocycles. The molecular weight excluding hydrogens is 676 g/mol. The Balaban J connectivity index is 1.32. The standard InChI is InChI=1S/C47H24B9N/c1-23-14-19-29-26(20-23)21-34(32-12-5-4-10-30(29)32)24-15-17-27(18-16-24)57(35-22-25-8-2-3-9-28(25)31-11-6-7-13-33(31)35)47-45(55)40(50)37(41(51)46(47)56)36-38(48)42(52)44(54)43(53)39(36)49/h2-22H,1H3. The van der Waals surface area contributed by atoms with E-state index in [0.29, 0.717) is 5.69 Å². The van der Waals surface area contributed by atoms with Crippen LogP contribution in [0.15, 0.2) is 127 Å². The lowest BCUT2D eigenvalue weighted by atomic mass is 9.56. The van der Waals surface area contributed by atoms with E-state index in [-0.39, 0.29) is 60.3 Å². The van der Waals surface area contributed by atoms with E-state index < -0.39 is 0 Å². The molecule has 0 saturated carbocycles. The lowest BCUT2D eigenvalue weighted by Gasteiger charge is -2.35. The molecule has 9 aromatic carbocycles. The summed E-state index contributed by atoms with van der Waals surface area (Å²) in [4.78, 5) is 2.01. The zero-order valence-electron chi connectivity index (χ0n) is 31.3. The summed E-state index contributed by atoms with van der Waals surface area (Å²) in [5.41, 5.74) is 6.57. The SMILES string of the molecule is [B]c1c([B])c([B])c(-c2c([B])c([B])c(N(c3ccc(-c4cc5cc(C)ccc5c5ccccc45)cc3)c3cc4ccccc4c4ccccc34)c([B])c2[B])c([B])c1[B]. The van der Waals surface area contributed by atoms with Crippen LogP contribution in [0.3, 0.4) is 0 Å². The van der Waals surface area contributed by atoms with E-state index in [2.05, 4.69) is 110 Å². The molecule has 0 amide bonds. The first-order chi connectivity index (χ1) is 27.5. The number of benzene rings is 9. The van der Waals surface area contributed by atoms with Crippen molar-refractivity contribution < 1.29 is 0 Å². The molecule has 57 heavy (non-hydrogen) atoms. The number of hydrogen-bond acceptors (Lipinski definition) is 1. The highest BCUT2D eigenvalue weighted by molar-refractivity contribution is 6.71. The normalized spacial score (nSPS) is 11.5. The van der Waals surface area contributed by atoms with E-state index in [1.54, 1.807) is 0 Å². The molecule has 0 spiro atoms. The summed E-state index contributed by atoms with van der Waals surface area (Å²) < 4.78 is 0. The molecule has 0 aromatic heterocycles. The highest BCUT2D eigenvalue weighted by Gasteiger charge is 2.25. The van der Waals surface area contributed by atoms with Crippen molar-refractivity contribution in [3.05, 3.63) is 133 Å². The molecule has 244 valence electrons. The Morgan fingerprint density at radius 1 is 0.368 bits per heavy atom. The maximum atomic E-state index is 7.11. The number of aryl methyl sites for hydroxylation is 1. The Morgan fingerprint density at radius 2 is 0.842 bits per heavy atom. The largest absolute Gasteiger partial charge is 0.311 e. The van der Waals surface area contributed by atoms with Crippen molar-refractivity contribution in [2.75, 3.05) is 4.90 Å². The van der Waals surface area contributed by atoms with Crippen LogP contribution in [0.5, 0.6) is 0 Å². The summed E-state index contributed by atoms with van der Waals surface area (Å²) in [6.45, 7) is 2.11. The zero-order valence-corrected chi connectivity index (χ0v) is 31.3. The molecule has 18 radical (unpaired) electrons. The van der Waals surface area contributed by atoms with Crippen LogP contribution in [0.1, 0.15) is 5.56 Å². The summed E-state index contributed by atoms with van der Waals surface area (Å²) in [5, 5.41) is 8.87. The molecule has 0 atom stereocenters. The molecule has 0 aliphatic carbocycles. The minimum absolute atomic E-state index is 0.0513. The van der Waals surface area contributed by atoms with Gasteiger partial charge >= 0.3 is 0 Å². The molecule has 9 aromatic rings. The summed E-state index contributed by atoms with van der Waals surface area (Å²) in [7, 11) is 59.8. The van der Waals surface area contributed by atoms with E-state index >= 15 is 0 Å². The van der Waals surface area contributed by atoms with Gasteiger partial charge in [-0.05, 0) is 91.1 Å². The van der Waals surface area contributed by atoms with Gasteiger partial charge in [-0.2, -0.15) is 0 Å². The first-order valence-electron chi connectivity index (χ1n) is 18.5. The van der Waals surface area contributed by atoms with Crippen LogP contribution in [0.2, 0.25) is 0 Å². The van der Waals surface area contributed by atoms with Gasteiger partial charge in [-0.3, -0.25) is 0 Å². The fourth-order valence-corrected chi connectivity index (χ4v) is 8.31. The highest BCUT2D eigenvalue weighted by atomic mass is 15.1. The highest BCUT2D eigenvalue weighted by Crippen LogP contribution is 2.42. The van der Waals surface area contributed by atoms with Crippen LogP contribution in [0.4, 0.5) is 17.1 Å². The van der Waals surface area contributed by atoms with Crippen LogP contribution in [0.25, 0.3) is 65.3 Å².